The molecule has 1 N–H and O–H groups in total. The summed E-state index contributed by atoms with van der Waals surface area (Å²) in [6.45, 7) is 0. The highest BCUT2D eigenvalue weighted by molar-refractivity contribution is 7.71. The first-order chi connectivity index (χ1) is 9.50. The first kappa shape index (κ1) is 13.5. The molecule has 3 rings (SSSR count). The quantitative estimate of drug-likeness (QED) is 0.602. The zero-order valence-electron chi connectivity index (χ0n) is 9.75. The zero-order chi connectivity index (χ0) is 14.4. The van der Waals surface area contributed by atoms with Crippen molar-refractivity contribution in [2.75, 3.05) is 0 Å². The number of benzene rings is 2. The summed E-state index contributed by atoms with van der Waals surface area (Å²) in [7, 11) is 0. The second-order valence-electron chi connectivity index (χ2n) is 4.09. The number of imidazole rings is 1. The number of aromatic amines is 1. The van der Waals surface area contributed by atoms with Crippen molar-refractivity contribution in [3.63, 3.8) is 0 Å². The van der Waals surface area contributed by atoms with E-state index in [-0.39, 0.29) is 20.3 Å². The molecule has 0 saturated heterocycles. The molecule has 3 aromatic rings. The van der Waals surface area contributed by atoms with Gasteiger partial charge in [0.15, 0.2) is 16.4 Å². The molecule has 0 aliphatic carbocycles. The summed E-state index contributed by atoms with van der Waals surface area (Å²) in [5.41, 5.74) is 0.659. The number of hydrogen-bond acceptors (Lipinski definition) is 1. The third-order valence-corrected chi connectivity index (χ3v) is 3.79. The van der Waals surface area contributed by atoms with Gasteiger partial charge in [0.25, 0.3) is 0 Å². The number of H-pyrrole nitrogens is 1. The second kappa shape index (κ2) is 4.84. The summed E-state index contributed by atoms with van der Waals surface area (Å²) >= 11 is 17.4. The van der Waals surface area contributed by atoms with E-state index in [2.05, 4.69) is 4.98 Å². The Morgan fingerprint density at radius 2 is 1.70 bits per heavy atom. The van der Waals surface area contributed by atoms with Crippen LogP contribution in [0.2, 0.25) is 10.0 Å². The minimum atomic E-state index is -1.01. The maximum atomic E-state index is 14.1. The molecule has 0 atom stereocenters. The first-order valence-corrected chi connectivity index (χ1v) is 6.70. The predicted octanol–water partition coefficient (Wildman–Crippen LogP) is 5.27. The predicted molar refractivity (Wildman–Crippen MR) is 78.4 cm³/mol. The summed E-state index contributed by atoms with van der Waals surface area (Å²) in [6.07, 6.45) is 0. The largest absolute Gasteiger partial charge is 0.330 e. The second-order valence-corrected chi connectivity index (χ2v) is 5.29. The van der Waals surface area contributed by atoms with Gasteiger partial charge in [-0.05, 0) is 36.5 Å². The highest BCUT2D eigenvalue weighted by Crippen LogP contribution is 2.32. The molecule has 102 valence electrons. The van der Waals surface area contributed by atoms with Gasteiger partial charge in [-0.3, -0.25) is 4.57 Å². The van der Waals surface area contributed by atoms with Crippen molar-refractivity contribution in [3.8, 4) is 5.69 Å². The van der Waals surface area contributed by atoms with Crippen molar-refractivity contribution in [2.24, 2.45) is 0 Å². The van der Waals surface area contributed by atoms with Gasteiger partial charge in [-0.2, -0.15) is 0 Å². The topological polar surface area (TPSA) is 20.7 Å². The molecule has 0 bridgehead atoms. The fraction of sp³-hybridized carbons (Fsp3) is 0. The molecule has 0 amide bonds. The minimum Gasteiger partial charge on any atom is -0.330 e. The van der Waals surface area contributed by atoms with Gasteiger partial charge in [0.2, 0.25) is 0 Å². The smallest absolute Gasteiger partial charge is 0.184 e. The lowest BCUT2D eigenvalue weighted by Crippen LogP contribution is -1.99. The van der Waals surface area contributed by atoms with E-state index in [1.807, 2.05) is 0 Å². The maximum Gasteiger partial charge on any atom is 0.184 e. The van der Waals surface area contributed by atoms with Crippen LogP contribution in [-0.2, 0) is 0 Å². The van der Waals surface area contributed by atoms with Crippen LogP contribution in [0.25, 0.3) is 16.7 Å². The summed E-state index contributed by atoms with van der Waals surface area (Å²) in [4.78, 5) is 2.80. The third kappa shape index (κ3) is 1.93. The summed E-state index contributed by atoms with van der Waals surface area (Å²) in [6, 6.07) is 7.29. The Morgan fingerprint density at radius 3 is 2.35 bits per heavy atom. The molecule has 1 aromatic heterocycles. The van der Waals surface area contributed by atoms with Gasteiger partial charge in [-0.15, -0.1) is 0 Å². The van der Waals surface area contributed by atoms with Crippen LogP contribution in [0.1, 0.15) is 0 Å². The standard InChI is InChI=1S/C13H6Cl2F2N2S/c14-6-2-1-3-7(15)11(6)19-12-9(18-13(19)20)5-4-8(16)10(12)17/h1-5H,(H,18,20). The van der Waals surface area contributed by atoms with E-state index in [0.717, 1.165) is 6.07 Å². The molecule has 0 aliphatic rings. The number of halogens is 4. The highest BCUT2D eigenvalue weighted by atomic mass is 35.5. The van der Waals surface area contributed by atoms with Gasteiger partial charge >= 0.3 is 0 Å². The monoisotopic (exact) mass is 330 g/mol. The van der Waals surface area contributed by atoms with Gasteiger partial charge in [-0.1, -0.05) is 29.3 Å². The Bertz CT molecular complexity index is 866. The van der Waals surface area contributed by atoms with Crippen LogP contribution in [0.15, 0.2) is 30.3 Å². The first-order valence-electron chi connectivity index (χ1n) is 5.54. The van der Waals surface area contributed by atoms with E-state index in [0.29, 0.717) is 11.2 Å². The van der Waals surface area contributed by atoms with E-state index >= 15 is 0 Å². The van der Waals surface area contributed by atoms with Crippen LogP contribution in [-0.4, -0.2) is 9.55 Å². The molecule has 0 aliphatic heterocycles. The van der Waals surface area contributed by atoms with E-state index in [1.54, 1.807) is 18.2 Å². The molecular weight excluding hydrogens is 325 g/mol. The van der Waals surface area contributed by atoms with Gasteiger partial charge in [-0.25, -0.2) is 8.78 Å². The normalized spacial score (nSPS) is 11.2. The van der Waals surface area contributed by atoms with Crippen LogP contribution in [0.4, 0.5) is 8.78 Å². The van der Waals surface area contributed by atoms with Crippen molar-refractivity contribution in [2.45, 2.75) is 0 Å². The molecule has 0 unspecified atom stereocenters. The lowest BCUT2D eigenvalue weighted by Gasteiger charge is -2.09. The van der Waals surface area contributed by atoms with Crippen LogP contribution in [0.3, 0.4) is 0 Å². The van der Waals surface area contributed by atoms with Crippen molar-refractivity contribution < 1.29 is 8.78 Å². The molecule has 2 aromatic carbocycles. The van der Waals surface area contributed by atoms with Crippen LogP contribution < -0.4 is 0 Å². The number of rotatable bonds is 1. The Hall–Kier alpha value is -1.43. The third-order valence-electron chi connectivity index (χ3n) is 2.90. The number of nitrogens with one attached hydrogen (secondary N) is 1. The fourth-order valence-corrected chi connectivity index (χ4v) is 2.91. The average molecular weight is 331 g/mol. The Kier molecular flexibility index (Phi) is 3.28. The van der Waals surface area contributed by atoms with Crippen molar-refractivity contribution in [3.05, 3.63) is 56.8 Å². The number of fused-ring (bicyclic) bond motifs is 1. The molecule has 7 heteroatoms. The molecule has 20 heavy (non-hydrogen) atoms. The molecule has 0 saturated carbocycles. The average Bonchev–Trinajstić information content (AvgIpc) is 2.72. The molecule has 0 fully saturated rings. The number of para-hydroxylation sites is 1. The summed E-state index contributed by atoms with van der Waals surface area (Å²) in [5.74, 6) is -1.98. The number of nitrogens with zero attached hydrogens (tertiary/aromatic N) is 1. The fourth-order valence-electron chi connectivity index (χ4n) is 2.05. The minimum absolute atomic E-state index is 0.0231. The lowest BCUT2D eigenvalue weighted by atomic mass is 10.2. The van der Waals surface area contributed by atoms with E-state index in [4.69, 9.17) is 35.4 Å². The lowest BCUT2D eigenvalue weighted by molar-refractivity contribution is 0.514. The number of aromatic nitrogens is 2. The highest BCUT2D eigenvalue weighted by Gasteiger charge is 2.18. The molecule has 0 spiro atoms. The van der Waals surface area contributed by atoms with Crippen LogP contribution in [0, 0.1) is 16.4 Å². The maximum absolute atomic E-state index is 14.1. The Labute approximate surface area is 127 Å². The zero-order valence-corrected chi connectivity index (χ0v) is 12.1. The van der Waals surface area contributed by atoms with Crippen molar-refractivity contribution in [1.29, 1.82) is 0 Å². The van der Waals surface area contributed by atoms with Gasteiger partial charge in [0.1, 0.15) is 5.52 Å². The van der Waals surface area contributed by atoms with Crippen LogP contribution in [0.5, 0.6) is 0 Å². The molecule has 1 heterocycles. The van der Waals surface area contributed by atoms with Gasteiger partial charge < -0.3 is 4.98 Å². The van der Waals surface area contributed by atoms with E-state index in [9.17, 15) is 8.78 Å². The van der Waals surface area contributed by atoms with Crippen LogP contribution >= 0.6 is 35.4 Å². The molecular formula is C13H6Cl2F2N2S. The van der Waals surface area contributed by atoms with E-state index < -0.39 is 11.6 Å². The Balaban J connectivity index is 2.52. The molecule has 2 nitrogen and oxygen atoms in total. The number of hydrogen-bond donors (Lipinski definition) is 1. The van der Waals surface area contributed by atoms with Gasteiger partial charge in [0, 0.05) is 0 Å². The summed E-state index contributed by atoms with van der Waals surface area (Å²) < 4.78 is 29.0. The van der Waals surface area contributed by atoms with Gasteiger partial charge in [0.05, 0.1) is 21.2 Å². The Morgan fingerprint density at radius 1 is 1.05 bits per heavy atom. The van der Waals surface area contributed by atoms with Crippen molar-refractivity contribution in [1.82, 2.24) is 9.55 Å². The van der Waals surface area contributed by atoms with Crippen molar-refractivity contribution >= 4 is 46.5 Å². The summed E-state index contributed by atoms with van der Waals surface area (Å²) in [5, 5.41) is 0.580. The van der Waals surface area contributed by atoms with E-state index in [1.165, 1.54) is 10.6 Å². The SMILES string of the molecule is Fc1ccc2[nH]c(=S)n(-c3c(Cl)cccc3Cl)c2c1F. The molecule has 0 radical (unpaired) electrons.